The Balaban J connectivity index is 1.65. The molecule has 0 unspecified atom stereocenters. The molecule has 0 radical (unpaired) electrons. The van der Waals surface area contributed by atoms with Crippen LogP contribution in [0.1, 0.15) is 50.4 Å². The molecule has 2 heterocycles. The van der Waals surface area contributed by atoms with Crippen LogP contribution >= 0.6 is 0 Å². The summed E-state index contributed by atoms with van der Waals surface area (Å²) in [5.74, 6) is 0.0806. The van der Waals surface area contributed by atoms with E-state index in [1.54, 1.807) is 19.2 Å². The molecule has 0 spiro atoms. The number of fused-ring (bicyclic) bond motifs is 1. The average Bonchev–Trinajstić information content (AvgIpc) is 2.79. The van der Waals surface area contributed by atoms with Crippen molar-refractivity contribution in [1.82, 2.24) is 9.88 Å². The summed E-state index contributed by atoms with van der Waals surface area (Å²) in [7, 11) is 0. The van der Waals surface area contributed by atoms with E-state index in [1.165, 1.54) is 13.0 Å². The molecule has 0 aliphatic carbocycles. The Morgan fingerprint density at radius 2 is 1.86 bits per heavy atom. The van der Waals surface area contributed by atoms with Crippen molar-refractivity contribution in [3.05, 3.63) is 65.4 Å². The molecule has 1 aliphatic rings. The smallest absolute Gasteiger partial charge is 0.378 e. The van der Waals surface area contributed by atoms with Crippen LogP contribution in [0.25, 0.3) is 10.9 Å². The predicted molar refractivity (Wildman–Crippen MR) is 134 cm³/mol. The minimum atomic E-state index is -4.39. The third-order valence-electron chi connectivity index (χ3n) is 6.97. The molecular formula is C27H31F3N4O. The molecule has 35 heavy (non-hydrogen) atoms. The zero-order valence-electron chi connectivity index (χ0n) is 20.6. The van der Waals surface area contributed by atoms with Crippen molar-refractivity contribution in [2.24, 2.45) is 0 Å². The van der Waals surface area contributed by atoms with Crippen molar-refractivity contribution < 1.29 is 18.0 Å². The SMILES string of the molecule is CC(=O)N1C[C@H](C)N(c2ccc3nccc(N[C@H](C)c4cccc(C(F)(F)F)c4C)c3c2)C[C@H]1C. The van der Waals surface area contributed by atoms with Gasteiger partial charge in [-0.1, -0.05) is 12.1 Å². The second kappa shape index (κ2) is 9.40. The second-order valence-electron chi connectivity index (χ2n) is 9.47. The van der Waals surface area contributed by atoms with Crippen molar-refractivity contribution in [2.75, 3.05) is 23.3 Å². The number of amides is 1. The quantitative estimate of drug-likeness (QED) is 0.480. The largest absolute Gasteiger partial charge is 0.416 e. The molecule has 8 heteroatoms. The third-order valence-corrected chi connectivity index (χ3v) is 6.97. The van der Waals surface area contributed by atoms with Gasteiger partial charge in [-0.15, -0.1) is 0 Å². The van der Waals surface area contributed by atoms with E-state index in [0.29, 0.717) is 12.1 Å². The van der Waals surface area contributed by atoms with Crippen molar-refractivity contribution in [1.29, 1.82) is 0 Å². The van der Waals surface area contributed by atoms with Gasteiger partial charge >= 0.3 is 6.18 Å². The van der Waals surface area contributed by atoms with Crippen LogP contribution in [-0.2, 0) is 11.0 Å². The van der Waals surface area contributed by atoms with Crippen LogP contribution in [0.15, 0.2) is 48.7 Å². The molecule has 1 aliphatic heterocycles. The monoisotopic (exact) mass is 484 g/mol. The number of anilines is 2. The maximum absolute atomic E-state index is 13.4. The minimum Gasteiger partial charge on any atom is -0.378 e. The zero-order valence-corrected chi connectivity index (χ0v) is 20.6. The maximum atomic E-state index is 13.4. The van der Waals surface area contributed by atoms with Crippen molar-refractivity contribution in [3.8, 4) is 0 Å². The summed E-state index contributed by atoms with van der Waals surface area (Å²) in [5, 5.41) is 4.31. The molecule has 3 aromatic rings. The molecule has 4 rings (SSSR count). The van der Waals surface area contributed by atoms with Gasteiger partial charge in [0.15, 0.2) is 0 Å². The van der Waals surface area contributed by atoms with Gasteiger partial charge in [0.1, 0.15) is 0 Å². The van der Waals surface area contributed by atoms with E-state index in [2.05, 4.69) is 35.1 Å². The molecule has 5 nitrogen and oxygen atoms in total. The van der Waals surface area contributed by atoms with Gasteiger partial charge < -0.3 is 15.1 Å². The summed E-state index contributed by atoms with van der Waals surface area (Å²) < 4.78 is 40.3. The van der Waals surface area contributed by atoms with Crippen LogP contribution in [0.4, 0.5) is 24.5 Å². The Labute approximate surface area is 203 Å². The molecule has 0 bridgehead atoms. The zero-order chi connectivity index (χ0) is 25.5. The van der Waals surface area contributed by atoms with E-state index in [4.69, 9.17) is 0 Å². The number of carbonyl (C=O) groups excluding carboxylic acids is 1. The molecule has 2 aromatic carbocycles. The molecule has 1 aromatic heterocycles. The first kappa shape index (κ1) is 24.8. The van der Waals surface area contributed by atoms with Crippen LogP contribution in [0.2, 0.25) is 0 Å². The molecule has 1 N–H and O–H groups in total. The number of halogens is 3. The molecule has 186 valence electrons. The van der Waals surface area contributed by atoms with E-state index >= 15 is 0 Å². The molecule has 1 saturated heterocycles. The minimum absolute atomic E-state index is 0.0806. The Hall–Kier alpha value is -3.29. The van der Waals surface area contributed by atoms with Crippen LogP contribution in [0.3, 0.4) is 0 Å². The summed E-state index contributed by atoms with van der Waals surface area (Å²) in [6.45, 7) is 10.5. The van der Waals surface area contributed by atoms with Crippen LogP contribution in [-0.4, -0.2) is 41.0 Å². The van der Waals surface area contributed by atoms with Crippen molar-refractivity contribution >= 4 is 28.2 Å². The van der Waals surface area contributed by atoms with Crippen LogP contribution < -0.4 is 10.2 Å². The number of nitrogens with zero attached hydrogens (tertiary/aromatic N) is 3. The highest BCUT2D eigenvalue weighted by atomic mass is 19.4. The standard InChI is InChI=1S/C27H31F3N4O/c1-16-15-34(17(2)14-33(16)20(5)35)21-9-10-25-23(13-21)26(11-12-31-25)32-19(4)22-7-6-8-24(18(22)3)27(28,29)30/h6-13,16-17,19H,14-15H2,1-5H3,(H,31,32)/t16-,17+,19-/m1/s1. The summed E-state index contributed by atoms with van der Waals surface area (Å²) in [6.07, 6.45) is -2.69. The fraction of sp³-hybridized carbons (Fsp3) is 0.407. The van der Waals surface area contributed by atoms with E-state index in [-0.39, 0.29) is 29.6 Å². The Morgan fingerprint density at radius 3 is 2.54 bits per heavy atom. The first-order valence-corrected chi connectivity index (χ1v) is 11.8. The lowest BCUT2D eigenvalue weighted by molar-refractivity contribution is -0.138. The fourth-order valence-electron chi connectivity index (χ4n) is 5.10. The lowest BCUT2D eigenvalue weighted by Crippen LogP contribution is -2.57. The number of carbonyl (C=O) groups is 1. The van der Waals surface area contributed by atoms with Gasteiger partial charge in [0, 0.05) is 61.1 Å². The van der Waals surface area contributed by atoms with E-state index in [0.717, 1.165) is 34.9 Å². The second-order valence-corrected chi connectivity index (χ2v) is 9.47. The first-order chi connectivity index (χ1) is 16.5. The van der Waals surface area contributed by atoms with Crippen LogP contribution in [0, 0.1) is 6.92 Å². The molecule has 3 atom stereocenters. The third kappa shape index (κ3) is 4.92. The van der Waals surface area contributed by atoms with Crippen LogP contribution in [0.5, 0.6) is 0 Å². The highest BCUT2D eigenvalue weighted by molar-refractivity contribution is 5.93. The van der Waals surface area contributed by atoms with Gasteiger partial charge in [0.25, 0.3) is 0 Å². The van der Waals surface area contributed by atoms with E-state index < -0.39 is 11.7 Å². The molecule has 1 fully saturated rings. The first-order valence-electron chi connectivity index (χ1n) is 11.8. The molecule has 0 saturated carbocycles. The lowest BCUT2D eigenvalue weighted by atomic mass is 9.97. The Morgan fingerprint density at radius 1 is 1.11 bits per heavy atom. The number of piperazine rings is 1. The molecule has 1 amide bonds. The summed E-state index contributed by atoms with van der Waals surface area (Å²) >= 11 is 0. The number of hydrogen-bond donors (Lipinski definition) is 1. The van der Waals surface area contributed by atoms with E-state index in [9.17, 15) is 18.0 Å². The Kier molecular flexibility index (Phi) is 6.66. The van der Waals surface area contributed by atoms with Gasteiger partial charge in [-0.05, 0) is 69.2 Å². The lowest BCUT2D eigenvalue weighted by Gasteiger charge is -2.45. The van der Waals surface area contributed by atoms with E-state index in [1.807, 2.05) is 30.0 Å². The van der Waals surface area contributed by atoms with Crippen molar-refractivity contribution in [3.63, 3.8) is 0 Å². The summed E-state index contributed by atoms with van der Waals surface area (Å²) in [5.41, 5.74) is 2.85. The fourth-order valence-corrected chi connectivity index (χ4v) is 5.10. The average molecular weight is 485 g/mol. The summed E-state index contributed by atoms with van der Waals surface area (Å²) in [4.78, 5) is 20.6. The van der Waals surface area contributed by atoms with Gasteiger partial charge in [0.05, 0.1) is 11.1 Å². The number of nitrogens with one attached hydrogen (secondary N) is 1. The molecular weight excluding hydrogens is 453 g/mol. The summed E-state index contributed by atoms with van der Waals surface area (Å²) in [6, 6.07) is 12.1. The highest BCUT2D eigenvalue weighted by Crippen LogP contribution is 2.36. The highest BCUT2D eigenvalue weighted by Gasteiger charge is 2.33. The normalized spacial score (nSPS) is 19.7. The predicted octanol–water partition coefficient (Wildman–Crippen LogP) is 6.18. The number of pyridine rings is 1. The van der Waals surface area contributed by atoms with Crippen molar-refractivity contribution in [2.45, 2.75) is 58.9 Å². The van der Waals surface area contributed by atoms with Gasteiger partial charge in [0.2, 0.25) is 5.91 Å². The topological polar surface area (TPSA) is 48.5 Å². The van der Waals surface area contributed by atoms with Gasteiger partial charge in [-0.2, -0.15) is 13.2 Å². The number of aromatic nitrogens is 1. The maximum Gasteiger partial charge on any atom is 0.416 e. The van der Waals surface area contributed by atoms with Gasteiger partial charge in [-0.25, -0.2) is 0 Å². The number of rotatable bonds is 4. The van der Waals surface area contributed by atoms with Gasteiger partial charge in [-0.3, -0.25) is 9.78 Å². The number of hydrogen-bond acceptors (Lipinski definition) is 4. The number of alkyl halides is 3. The Bertz CT molecular complexity index is 1240. The number of benzene rings is 2.